The number of carboxylic acid groups (broad SMARTS) is 1. The molecule has 0 aromatic heterocycles. The van der Waals surface area contributed by atoms with Crippen LogP contribution in [0.5, 0.6) is 0 Å². The Morgan fingerprint density at radius 3 is 2.27 bits per heavy atom. The number of amides is 2. The van der Waals surface area contributed by atoms with Gasteiger partial charge in [-0.1, -0.05) is 19.9 Å². The van der Waals surface area contributed by atoms with Crippen molar-refractivity contribution < 1.29 is 19.5 Å². The zero-order chi connectivity index (χ0) is 16.9. The molecule has 0 saturated heterocycles. The Hall–Kier alpha value is -2.37. The highest BCUT2D eigenvalue weighted by atomic mass is 16.4. The molecule has 0 aliphatic rings. The summed E-state index contributed by atoms with van der Waals surface area (Å²) in [7, 11) is 0. The molecule has 0 bridgehead atoms. The van der Waals surface area contributed by atoms with Crippen molar-refractivity contribution in [1.29, 1.82) is 0 Å². The summed E-state index contributed by atoms with van der Waals surface area (Å²) < 4.78 is 0. The molecule has 120 valence electrons. The van der Waals surface area contributed by atoms with Crippen LogP contribution in [-0.2, 0) is 9.59 Å². The van der Waals surface area contributed by atoms with E-state index in [1.807, 2.05) is 0 Å². The van der Waals surface area contributed by atoms with Crippen molar-refractivity contribution in [3.05, 3.63) is 29.3 Å². The summed E-state index contributed by atoms with van der Waals surface area (Å²) in [6, 6.07) is 4.83. The molecule has 0 heterocycles. The Bertz CT molecular complexity index is 592. The molecule has 4 N–H and O–H groups in total. The maximum atomic E-state index is 12.1. The normalized spacial score (nSPS) is 11.0. The number of carboxylic acids is 1. The van der Waals surface area contributed by atoms with E-state index in [1.165, 1.54) is 6.07 Å². The van der Waals surface area contributed by atoms with Gasteiger partial charge in [0, 0.05) is 17.7 Å². The summed E-state index contributed by atoms with van der Waals surface area (Å²) in [4.78, 5) is 34.8. The first-order chi connectivity index (χ1) is 10.3. The second-order valence-electron chi connectivity index (χ2n) is 5.41. The van der Waals surface area contributed by atoms with Crippen molar-refractivity contribution in [3.63, 3.8) is 0 Å². The zero-order valence-electron chi connectivity index (χ0n) is 13.1. The van der Waals surface area contributed by atoms with Crippen molar-refractivity contribution in [1.82, 2.24) is 0 Å². The fraction of sp³-hybridized carbons (Fsp3) is 0.438. The number of anilines is 1. The van der Waals surface area contributed by atoms with Crippen LogP contribution < -0.4 is 11.1 Å². The van der Waals surface area contributed by atoms with Gasteiger partial charge in [0.15, 0.2) is 0 Å². The Balaban J connectivity index is 2.91. The van der Waals surface area contributed by atoms with E-state index in [1.54, 1.807) is 32.9 Å². The summed E-state index contributed by atoms with van der Waals surface area (Å²) in [6.07, 6.45) is 0.620. The third-order valence-corrected chi connectivity index (χ3v) is 4.09. The highest BCUT2D eigenvalue weighted by Crippen LogP contribution is 2.31. The fourth-order valence-electron chi connectivity index (χ4n) is 2.36. The minimum Gasteiger partial charge on any atom is -0.481 e. The second-order valence-corrected chi connectivity index (χ2v) is 5.41. The van der Waals surface area contributed by atoms with Crippen LogP contribution in [0.2, 0.25) is 0 Å². The molecule has 1 aromatic carbocycles. The highest BCUT2D eigenvalue weighted by Gasteiger charge is 2.37. The molecule has 0 aliphatic heterocycles. The molecular weight excluding hydrogens is 284 g/mol. The predicted octanol–water partition coefficient (Wildman–Crippen LogP) is 2.31. The monoisotopic (exact) mass is 306 g/mol. The van der Waals surface area contributed by atoms with E-state index in [4.69, 9.17) is 5.73 Å². The number of aliphatic carboxylic acids is 1. The molecule has 0 atom stereocenters. The van der Waals surface area contributed by atoms with E-state index in [-0.39, 0.29) is 6.42 Å². The van der Waals surface area contributed by atoms with Crippen molar-refractivity contribution in [2.75, 3.05) is 5.32 Å². The van der Waals surface area contributed by atoms with Crippen LogP contribution in [0.1, 0.15) is 49.0 Å². The van der Waals surface area contributed by atoms with Crippen LogP contribution in [0.15, 0.2) is 18.2 Å². The van der Waals surface area contributed by atoms with E-state index in [9.17, 15) is 19.5 Å². The minimum atomic E-state index is -1.07. The van der Waals surface area contributed by atoms with Crippen molar-refractivity contribution in [2.45, 2.75) is 40.0 Å². The largest absolute Gasteiger partial charge is 0.481 e. The van der Waals surface area contributed by atoms with Gasteiger partial charge in [-0.3, -0.25) is 14.4 Å². The average molecular weight is 306 g/mol. The second kappa shape index (κ2) is 7.06. The van der Waals surface area contributed by atoms with Gasteiger partial charge in [0.05, 0.1) is 5.41 Å². The number of hydrogen-bond acceptors (Lipinski definition) is 3. The Labute approximate surface area is 129 Å². The number of carbonyl (C=O) groups excluding carboxylic acids is 2. The molecule has 0 spiro atoms. The summed E-state index contributed by atoms with van der Waals surface area (Å²) in [5.74, 6) is -1.95. The minimum absolute atomic E-state index is 0.116. The number of aryl methyl sites for hydroxylation is 1. The van der Waals surface area contributed by atoms with Crippen LogP contribution >= 0.6 is 0 Å². The molecule has 0 aliphatic carbocycles. The lowest BCUT2D eigenvalue weighted by Gasteiger charge is -2.25. The topological polar surface area (TPSA) is 109 Å². The van der Waals surface area contributed by atoms with Gasteiger partial charge < -0.3 is 16.2 Å². The SMILES string of the molecule is CCC(CC)(CC(=O)Nc1ccc(C)c(C(N)=O)c1)C(=O)O. The van der Waals surface area contributed by atoms with Gasteiger partial charge >= 0.3 is 5.97 Å². The van der Waals surface area contributed by atoms with Gasteiger partial charge in [0.1, 0.15) is 0 Å². The number of primary amides is 1. The van der Waals surface area contributed by atoms with Gasteiger partial charge in [-0.15, -0.1) is 0 Å². The molecule has 0 radical (unpaired) electrons. The van der Waals surface area contributed by atoms with Crippen molar-refractivity contribution >= 4 is 23.5 Å². The van der Waals surface area contributed by atoms with Crippen LogP contribution in [0.25, 0.3) is 0 Å². The number of rotatable bonds is 7. The molecule has 1 rings (SSSR count). The van der Waals surface area contributed by atoms with Crippen molar-refractivity contribution in [3.8, 4) is 0 Å². The fourth-order valence-corrected chi connectivity index (χ4v) is 2.36. The first-order valence-electron chi connectivity index (χ1n) is 7.19. The van der Waals surface area contributed by atoms with E-state index in [0.717, 1.165) is 0 Å². The summed E-state index contributed by atoms with van der Waals surface area (Å²) in [6.45, 7) is 5.25. The van der Waals surface area contributed by atoms with E-state index in [0.29, 0.717) is 29.7 Å². The standard InChI is InChI=1S/C16H22N2O4/c1-4-16(5-2,15(21)22)9-13(19)18-11-7-6-10(3)12(8-11)14(17)20/h6-8H,4-5,9H2,1-3H3,(H2,17,20)(H,18,19)(H,21,22). The Kier molecular flexibility index (Phi) is 5.68. The van der Waals surface area contributed by atoms with Gasteiger partial charge in [-0.25, -0.2) is 0 Å². The number of carbonyl (C=O) groups is 3. The third kappa shape index (κ3) is 3.84. The summed E-state index contributed by atoms with van der Waals surface area (Å²) in [5.41, 5.74) is 5.67. The van der Waals surface area contributed by atoms with E-state index in [2.05, 4.69) is 5.32 Å². The molecule has 0 unspecified atom stereocenters. The Morgan fingerprint density at radius 2 is 1.82 bits per heavy atom. The molecule has 22 heavy (non-hydrogen) atoms. The van der Waals surface area contributed by atoms with E-state index >= 15 is 0 Å². The van der Waals surface area contributed by atoms with Gasteiger partial charge in [-0.2, -0.15) is 0 Å². The van der Waals surface area contributed by atoms with Gasteiger partial charge in [0.25, 0.3) is 0 Å². The lowest BCUT2D eigenvalue weighted by atomic mass is 9.79. The average Bonchev–Trinajstić information content (AvgIpc) is 2.46. The van der Waals surface area contributed by atoms with Crippen LogP contribution in [-0.4, -0.2) is 22.9 Å². The number of hydrogen-bond donors (Lipinski definition) is 3. The third-order valence-electron chi connectivity index (χ3n) is 4.09. The lowest BCUT2D eigenvalue weighted by Crippen LogP contribution is -2.34. The molecule has 2 amide bonds. The maximum Gasteiger partial charge on any atom is 0.310 e. The summed E-state index contributed by atoms with van der Waals surface area (Å²) in [5, 5.41) is 12.0. The molecule has 6 nitrogen and oxygen atoms in total. The predicted molar refractivity (Wildman–Crippen MR) is 83.6 cm³/mol. The molecule has 0 fully saturated rings. The maximum absolute atomic E-state index is 12.1. The first-order valence-corrected chi connectivity index (χ1v) is 7.19. The summed E-state index contributed by atoms with van der Waals surface area (Å²) >= 11 is 0. The smallest absolute Gasteiger partial charge is 0.310 e. The Morgan fingerprint density at radius 1 is 1.23 bits per heavy atom. The number of nitrogens with two attached hydrogens (primary N) is 1. The highest BCUT2D eigenvalue weighted by molar-refractivity contribution is 5.98. The quantitative estimate of drug-likeness (QED) is 0.718. The zero-order valence-corrected chi connectivity index (χ0v) is 13.1. The van der Waals surface area contributed by atoms with Gasteiger partial charge in [0.2, 0.25) is 11.8 Å². The van der Waals surface area contributed by atoms with Gasteiger partial charge in [-0.05, 0) is 37.5 Å². The van der Waals surface area contributed by atoms with Crippen LogP contribution in [0.3, 0.4) is 0 Å². The molecular formula is C16H22N2O4. The first kappa shape index (κ1) is 17.7. The van der Waals surface area contributed by atoms with Crippen LogP contribution in [0, 0.1) is 12.3 Å². The van der Waals surface area contributed by atoms with E-state index < -0.39 is 23.2 Å². The number of benzene rings is 1. The van der Waals surface area contributed by atoms with Crippen molar-refractivity contribution in [2.24, 2.45) is 11.1 Å². The molecule has 1 aromatic rings. The molecule has 6 heteroatoms. The lowest BCUT2D eigenvalue weighted by molar-refractivity contribution is -0.151. The molecule has 0 saturated carbocycles. The number of nitrogens with one attached hydrogen (secondary N) is 1. The van der Waals surface area contributed by atoms with Crippen LogP contribution in [0.4, 0.5) is 5.69 Å².